The van der Waals surface area contributed by atoms with E-state index in [9.17, 15) is 0 Å². The van der Waals surface area contributed by atoms with E-state index in [1.54, 1.807) is 0 Å². The molecule has 0 N–H and O–H groups in total. The second-order valence-corrected chi connectivity index (χ2v) is 16.3. The molecule has 0 aliphatic carbocycles. The molecular weight excluding hydrogens is 791 g/mol. The maximum absolute atomic E-state index is 6.73. The van der Waals surface area contributed by atoms with Crippen LogP contribution in [0.2, 0.25) is 0 Å². The first-order valence-electron chi connectivity index (χ1n) is 21.9. The Balaban J connectivity index is 1.00. The lowest BCUT2D eigenvalue weighted by molar-refractivity contribution is 0.669. The van der Waals surface area contributed by atoms with Gasteiger partial charge in [-0.15, -0.1) is 0 Å². The summed E-state index contributed by atoms with van der Waals surface area (Å²) in [5.41, 5.74) is 15.8. The molecule has 12 aromatic rings. The highest BCUT2D eigenvalue weighted by atomic mass is 16.3. The molecule has 0 bridgehead atoms. The monoisotopic (exact) mass is 829 g/mol. The molecule has 0 aliphatic heterocycles. The van der Waals surface area contributed by atoms with Gasteiger partial charge in [-0.3, -0.25) is 0 Å². The third kappa shape index (κ3) is 7.13. The Morgan fingerprint density at radius 1 is 0.246 bits per heavy atom. The van der Waals surface area contributed by atoms with Crippen LogP contribution in [-0.4, -0.2) is 15.0 Å². The van der Waals surface area contributed by atoms with Crippen LogP contribution < -0.4 is 0 Å². The zero-order chi connectivity index (χ0) is 43.1. The number of furan rings is 1. The van der Waals surface area contributed by atoms with Crippen molar-refractivity contribution < 1.29 is 4.42 Å². The van der Waals surface area contributed by atoms with Crippen LogP contribution in [0, 0.1) is 0 Å². The van der Waals surface area contributed by atoms with Crippen LogP contribution in [0.4, 0.5) is 0 Å². The molecule has 65 heavy (non-hydrogen) atoms. The van der Waals surface area contributed by atoms with Gasteiger partial charge in [0.25, 0.3) is 0 Å². The molecule has 0 unspecified atom stereocenters. The number of nitrogens with zero attached hydrogens (tertiary/aromatic N) is 3. The number of rotatable bonds is 8. The molecule has 0 aliphatic rings. The van der Waals surface area contributed by atoms with E-state index >= 15 is 0 Å². The summed E-state index contributed by atoms with van der Waals surface area (Å²) in [7, 11) is 0. The van der Waals surface area contributed by atoms with Crippen LogP contribution in [0.25, 0.3) is 123 Å². The second-order valence-electron chi connectivity index (χ2n) is 16.3. The lowest BCUT2D eigenvalue weighted by Crippen LogP contribution is -2.00. The number of aromatic nitrogens is 3. The fourth-order valence-electron chi connectivity index (χ4n) is 9.12. The van der Waals surface area contributed by atoms with Crippen molar-refractivity contribution in [1.29, 1.82) is 0 Å². The third-order valence-electron chi connectivity index (χ3n) is 12.4. The minimum atomic E-state index is 0.569. The lowest BCUT2D eigenvalue weighted by Gasteiger charge is -2.14. The largest absolute Gasteiger partial charge is 0.456 e. The fraction of sp³-hybridized carbons (Fsp3) is 0. The van der Waals surface area contributed by atoms with Crippen molar-refractivity contribution in [1.82, 2.24) is 15.0 Å². The van der Waals surface area contributed by atoms with E-state index < -0.39 is 0 Å². The lowest BCUT2D eigenvalue weighted by atomic mass is 9.89. The van der Waals surface area contributed by atoms with E-state index in [0.717, 1.165) is 93.9 Å². The summed E-state index contributed by atoms with van der Waals surface area (Å²) in [5, 5.41) is 4.38. The molecule has 0 spiro atoms. The van der Waals surface area contributed by atoms with Crippen LogP contribution in [0.1, 0.15) is 0 Å². The van der Waals surface area contributed by atoms with Crippen LogP contribution in [0.3, 0.4) is 0 Å². The van der Waals surface area contributed by atoms with Gasteiger partial charge in [-0.1, -0.05) is 206 Å². The van der Waals surface area contributed by atoms with Crippen molar-refractivity contribution in [2.24, 2.45) is 0 Å². The first-order chi connectivity index (χ1) is 32.2. The fourth-order valence-corrected chi connectivity index (χ4v) is 9.12. The molecule has 12 rings (SSSR count). The van der Waals surface area contributed by atoms with Crippen molar-refractivity contribution in [2.45, 2.75) is 0 Å². The maximum atomic E-state index is 6.73. The molecule has 0 saturated carbocycles. The second kappa shape index (κ2) is 16.2. The Hall–Kier alpha value is -8.73. The van der Waals surface area contributed by atoms with Gasteiger partial charge in [0, 0.05) is 27.5 Å². The van der Waals surface area contributed by atoms with E-state index in [1.165, 1.54) is 11.1 Å². The third-order valence-corrected chi connectivity index (χ3v) is 12.4. The Morgan fingerprint density at radius 3 is 1.42 bits per heavy atom. The van der Waals surface area contributed by atoms with Crippen molar-refractivity contribution in [2.75, 3.05) is 0 Å². The zero-order valence-electron chi connectivity index (χ0n) is 35.3. The summed E-state index contributed by atoms with van der Waals surface area (Å²) in [5.74, 6) is 1.76. The topological polar surface area (TPSA) is 51.8 Å². The Labute approximate surface area is 376 Å². The van der Waals surface area contributed by atoms with Gasteiger partial charge in [-0.05, 0) is 96.7 Å². The van der Waals surface area contributed by atoms with Gasteiger partial charge in [-0.25, -0.2) is 15.0 Å². The summed E-state index contributed by atoms with van der Waals surface area (Å²) in [4.78, 5) is 15.6. The molecule has 2 heterocycles. The van der Waals surface area contributed by atoms with E-state index in [1.807, 2.05) is 6.07 Å². The van der Waals surface area contributed by atoms with Gasteiger partial charge in [0.1, 0.15) is 11.2 Å². The Kier molecular flexibility index (Phi) is 9.46. The van der Waals surface area contributed by atoms with E-state index in [0.29, 0.717) is 17.5 Å². The van der Waals surface area contributed by atoms with Gasteiger partial charge >= 0.3 is 0 Å². The standard InChI is InChI=1S/C61H39N3O/c1-5-15-40(16-6-1)42-27-30-46(31-28-42)59-62-60(48-32-29-45-23-13-24-50(54(45)38-48)43-19-9-3-10-20-43)64-61(63-59)49-34-36-53-57(39-49)65-56-26-14-25-52(58(53)56)51-35-33-47(41-17-7-2-8-18-41)37-55(51)44-21-11-4-12-22-44/h1-39H. The molecule has 0 atom stereocenters. The summed E-state index contributed by atoms with van der Waals surface area (Å²) < 4.78 is 6.73. The van der Waals surface area contributed by atoms with E-state index in [-0.39, 0.29) is 0 Å². The highest BCUT2D eigenvalue weighted by molar-refractivity contribution is 6.14. The highest BCUT2D eigenvalue weighted by Gasteiger charge is 2.19. The highest BCUT2D eigenvalue weighted by Crippen LogP contribution is 2.43. The first kappa shape index (κ1) is 38.0. The predicted octanol–water partition coefficient (Wildman–Crippen LogP) is 16.3. The van der Waals surface area contributed by atoms with Gasteiger partial charge in [0.15, 0.2) is 17.5 Å². The summed E-state index contributed by atoms with van der Waals surface area (Å²) >= 11 is 0. The minimum Gasteiger partial charge on any atom is -0.456 e. The van der Waals surface area contributed by atoms with E-state index in [4.69, 9.17) is 19.4 Å². The van der Waals surface area contributed by atoms with Gasteiger partial charge in [0.2, 0.25) is 0 Å². The van der Waals surface area contributed by atoms with E-state index in [2.05, 4.69) is 231 Å². The number of hydrogen-bond acceptors (Lipinski definition) is 4. The predicted molar refractivity (Wildman–Crippen MR) is 268 cm³/mol. The van der Waals surface area contributed by atoms with Crippen molar-refractivity contribution >= 4 is 32.7 Å². The molecule has 4 heteroatoms. The SMILES string of the molecule is c1ccc(-c2ccc(-c3nc(-c4ccc5c(c4)oc4cccc(-c6ccc(-c7ccccc7)cc6-c6ccccc6)c45)nc(-c4ccc5cccc(-c6ccccc6)c5c4)n3)cc2)cc1. The molecule has 4 nitrogen and oxygen atoms in total. The van der Waals surface area contributed by atoms with Crippen LogP contribution in [0.15, 0.2) is 241 Å². The van der Waals surface area contributed by atoms with Crippen LogP contribution >= 0.6 is 0 Å². The molecule has 10 aromatic carbocycles. The average Bonchev–Trinajstić information content (AvgIpc) is 3.77. The number of benzene rings is 10. The molecule has 304 valence electrons. The molecule has 0 amide bonds. The molecule has 0 radical (unpaired) electrons. The number of hydrogen-bond donors (Lipinski definition) is 0. The van der Waals surface area contributed by atoms with Gasteiger partial charge < -0.3 is 4.42 Å². The summed E-state index contributed by atoms with van der Waals surface area (Å²) in [6.07, 6.45) is 0. The van der Waals surface area contributed by atoms with Crippen molar-refractivity contribution in [3.8, 4) is 89.8 Å². The zero-order valence-corrected chi connectivity index (χ0v) is 35.3. The van der Waals surface area contributed by atoms with Gasteiger partial charge in [0.05, 0.1) is 0 Å². The maximum Gasteiger partial charge on any atom is 0.164 e. The van der Waals surface area contributed by atoms with Crippen molar-refractivity contribution in [3.63, 3.8) is 0 Å². The Bertz CT molecular complexity index is 3680. The normalized spacial score (nSPS) is 11.4. The van der Waals surface area contributed by atoms with Crippen LogP contribution in [0.5, 0.6) is 0 Å². The first-order valence-corrected chi connectivity index (χ1v) is 21.9. The molecule has 0 fully saturated rings. The van der Waals surface area contributed by atoms with Crippen molar-refractivity contribution in [3.05, 3.63) is 237 Å². The minimum absolute atomic E-state index is 0.569. The summed E-state index contributed by atoms with van der Waals surface area (Å²) in [6.45, 7) is 0. The van der Waals surface area contributed by atoms with Crippen LogP contribution in [-0.2, 0) is 0 Å². The van der Waals surface area contributed by atoms with Gasteiger partial charge in [-0.2, -0.15) is 0 Å². The molecule has 0 saturated heterocycles. The number of fused-ring (bicyclic) bond motifs is 4. The Morgan fingerprint density at radius 2 is 0.738 bits per heavy atom. The summed E-state index contributed by atoms with van der Waals surface area (Å²) in [6, 6.07) is 83.0. The smallest absolute Gasteiger partial charge is 0.164 e. The quantitative estimate of drug-likeness (QED) is 0.153. The molecule has 2 aromatic heterocycles. The molecular formula is C61H39N3O. The average molecular weight is 830 g/mol.